The molecule has 0 aliphatic rings. The number of hydrogen-bond acceptors (Lipinski definition) is 4. The lowest BCUT2D eigenvalue weighted by Gasteiger charge is -2.16. The molecule has 0 aliphatic carbocycles. The molecular formula is C14H15BrO3S. The molecule has 5 heteroatoms. The molecule has 19 heavy (non-hydrogen) atoms. The van der Waals surface area contributed by atoms with Crippen LogP contribution in [-0.2, 0) is 0 Å². The van der Waals surface area contributed by atoms with Crippen LogP contribution in [0.5, 0.6) is 17.2 Å². The van der Waals surface area contributed by atoms with Gasteiger partial charge >= 0.3 is 0 Å². The van der Waals surface area contributed by atoms with Crippen LogP contribution in [0.3, 0.4) is 0 Å². The van der Waals surface area contributed by atoms with Gasteiger partial charge in [-0.25, -0.2) is 0 Å². The maximum atomic E-state index is 5.36. The largest absolute Gasteiger partial charge is 0.493 e. The van der Waals surface area contributed by atoms with Crippen LogP contribution in [0.25, 0.3) is 0 Å². The van der Waals surface area contributed by atoms with Gasteiger partial charge in [0.15, 0.2) is 11.5 Å². The van der Waals surface area contributed by atoms with Crippen molar-refractivity contribution in [3.8, 4) is 17.2 Å². The van der Waals surface area contributed by atoms with Crippen molar-refractivity contribution in [2.75, 3.05) is 21.3 Å². The number of ether oxygens (including phenoxy) is 3. The summed E-state index contributed by atoms with van der Waals surface area (Å²) in [6, 6.07) is 8.04. The predicted molar refractivity (Wildman–Crippen MR) is 81.2 cm³/mol. The molecule has 0 saturated carbocycles. The number of thiophene rings is 1. The van der Waals surface area contributed by atoms with E-state index in [1.807, 2.05) is 18.2 Å². The number of halogens is 1. The molecule has 1 atom stereocenters. The van der Waals surface area contributed by atoms with Crippen molar-refractivity contribution in [1.29, 1.82) is 0 Å². The number of methoxy groups -OCH3 is 3. The lowest BCUT2D eigenvalue weighted by molar-refractivity contribution is 0.324. The summed E-state index contributed by atoms with van der Waals surface area (Å²) >= 11 is 5.41. The van der Waals surface area contributed by atoms with Gasteiger partial charge < -0.3 is 14.2 Å². The fraction of sp³-hybridized carbons (Fsp3) is 0.286. The van der Waals surface area contributed by atoms with E-state index in [-0.39, 0.29) is 4.83 Å². The van der Waals surface area contributed by atoms with Crippen molar-refractivity contribution in [2.45, 2.75) is 4.83 Å². The third-order valence-corrected chi connectivity index (χ3v) is 5.03. The predicted octanol–water partition coefficient (Wildman–Crippen LogP) is 4.26. The molecule has 3 nitrogen and oxygen atoms in total. The standard InChI is InChI=1S/C14H15BrO3S/c1-16-10-7-9(8-11(17-2)14(10)18-3)13(15)12-5-4-6-19-12/h4-8,13H,1-3H3. The van der Waals surface area contributed by atoms with Gasteiger partial charge in [-0.1, -0.05) is 22.0 Å². The summed E-state index contributed by atoms with van der Waals surface area (Å²) in [4.78, 5) is 1.34. The van der Waals surface area contributed by atoms with Crippen LogP contribution in [-0.4, -0.2) is 21.3 Å². The molecule has 0 bridgehead atoms. The molecule has 0 radical (unpaired) electrons. The van der Waals surface area contributed by atoms with Crippen LogP contribution in [0.1, 0.15) is 15.3 Å². The Morgan fingerprint density at radius 2 is 1.68 bits per heavy atom. The third-order valence-electron chi connectivity index (χ3n) is 2.77. The SMILES string of the molecule is COc1cc(C(Br)c2cccs2)cc(OC)c1OC. The summed E-state index contributed by atoms with van der Waals surface area (Å²) in [5.74, 6) is 1.94. The van der Waals surface area contributed by atoms with E-state index in [1.165, 1.54) is 4.88 Å². The van der Waals surface area contributed by atoms with Crippen molar-refractivity contribution < 1.29 is 14.2 Å². The minimum absolute atomic E-state index is 0.112. The molecule has 0 aliphatic heterocycles. The lowest BCUT2D eigenvalue weighted by Crippen LogP contribution is -1.98. The zero-order valence-electron chi connectivity index (χ0n) is 11.0. The van der Waals surface area contributed by atoms with Crippen LogP contribution in [0, 0.1) is 0 Å². The first-order valence-corrected chi connectivity index (χ1v) is 7.48. The Labute approximate surface area is 125 Å². The summed E-state index contributed by atoms with van der Waals surface area (Å²) in [6.45, 7) is 0. The van der Waals surface area contributed by atoms with E-state index in [1.54, 1.807) is 32.7 Å². The number of benzene rings is 1. The topological polar surface area (TPSA) is 27.7 Å². The lowest BCUT2D eigenvalue weighted by atomic mass is 10.1. The first-order chi connectivity index (χ1) is 9.21. The zero-order chi connectivity index (χ0) is 13.8. The Kier molecular flexibility index (Phi) is 4.71. The van der Waals surface area contributed by atoms with Gasteiger partial charge in [0.2, 0.25) is 5.75 Å². The van der Waals surface area contributed by atoms with Gasteiger partial charge in [0.25, 0.3) is 0 Å². The van der Waals surface area contributed by atoms with E-state index in [2.05, 4.69) is 27.4 Å². The first kappa shape index (κ1) is 14.2. The Balaban J connectivity index is 2.47. The summed E-state index contributed by atoms with van der Waals surface area (Å²) in [6.07, 6.45) is 0. The highest BCUT2D eigenvalue weighted by molar-refractivity contribution is 9.09. The average molecular weight is 343 g/mol. The Morgan fingerprint density at radius 3 is 2.11 bits per heavy atom. The van der Waals surface area contributed by atoms with Crippen molar-refractivity contribution >= 4 is 27.3 Å². The van der Waals surface area contributed by atoms with Crippen LogP contribution >= 0.6 is 27.3 Å². The minimum Gasteiger partial charge on any atom is -0.493 e. The van der Waals surface area contributed by atoms with Crippen LogP contribution in [0.4, 0.5) is 0 Å². The van der Waals surface area contributed by atoms with Gasteiger partial charge in [0.1, 0.15) is 0 Å². The summed E-state index contributed by atoms with van der Waals surface area (Å²) in [5.41, 5.74) is 1.07. The zero-order valence-corrected chi connectivity index (χ0v) is 13.4. The van der Waals surface area contributed by atoms with Crippen molar-refractivity contribution in [2.24, 2.45) is 0 Å². The minimum atomic E-state index is 0.112. The number of hydrogen-bond donors (Lipinski definition) is 0. The molecule has 1 heterocycles. The number of rotatable bonds is 5. The number of alkyl halides is 1. The fourth-order valence-corrected chi connectivity index (χ4v) is 3.32. The second kappa shape index (κ2) is 6.30. The second-order valence-corrected chi connectivity index (χ2v) is 5.73. The van der Waals surface area contributed by atoms with E-state index < -0.39 is 0 Å². The van der Waals surface area contributed by atoms with Crippen LogP contribution in [0.2, 0.25) is 0 Å². The summed E-state index contributed by atoms with van der Waals surface area (Å²) in [7, 11) is 4.84. The maximum Gasteiger partial charge on any atom is 0.203 e. The normalized spacial score (nSPS) is 12.0. The molecule has 2 rings (SSSR count). The Morgan fingerprint density at radius 1 is 1.05 bits per heavy atom. The van der Waals surface area contributed by atoms with E-state index >= 15 is 0 Å². The van der Waals surface area contributed by atoms with Gasteiger partial charge in [-0.15, -0.1) is 11.3 Å². The molecule has 1 aromatic heterocycles. The van der Waals surface area contributed by atoms with Crippen LogP contribution in [0.15, 0.2) is 29.6 Å². The summed E-state index contributed by atoms with van der Waals surface area (Å²) < 4.78 is 16.0. The highest BCUT2D eigenvalue weighted by atomic mass is 79.9. The highest BCUT2D eigenvalue weighted by Gasteiger charge is 2.18. The van der Waals surface area contributed by atoms with Gasteiger partial charge in [-0.2, -0.15) is 0 Å². The molecule has 0 amide bonds. The van der Waals surface area contributed by atoms with Gasteiger partial charge in [-0.05, 0) is 29.1 Å². The monoisotopic (exact) mass is 342 g/mol. The molecule has 1 aromatic carbocycles. The first-order valence-electron chi connectivity index (χ1n) is 5.68. The van der Waals surface area contributed by atoms with Gasteiger partial charge in [0.05, 0.1) is 26.2 Å². The second-order valence-electron chi connectivity index (χ2n) is 3.84. The quantitative estimate of drug-likeness (QED) is 0.760. The van der Waals surface area contributed by atoms with Crippen molar-refractivity contribution in [1.82, 2.24) is 0 Å². The highest BCUT2D eigenvalue weighted by Crippen LogP contribution is 2.43. The molecule has 0 N–H and O–H groups in total. The fourth-order valence-electron chi connectivity index (χ4n) is 1.85. The Bertz CT molecular complexity index is 515. The van der Waals surface area contributed by atoms with Gasteiger partial charge in [-0.3, -0.25) is 0 Å². The maximum absolute atomic E-state index is 5.36. The molecule has 102 valence electrons. The Hall–Kier alpha value is -1.20. The van der Waals surface area contributed by atoms with E-state index in [0.29, 0.717) is 17.2 Å². The van der Waals surface area contributed by atoms with Crippen LogP contribution < -0.4 is 14.2 Å². The molecule has 0 saturated heterocycles. The van der Waals surface area contributed by atoms with Crippen molar-refractivity contribution in [3.63, 3.8) is 0 Å². The van der Waals surface area contributed by atoms with Crippen molar-refractivity contribution in [3.05, 3.63) is 40.1 Å². The molecule has 0 fully saturated rings. The van der Waals surface area contributed by atoms with E-state index in [4.69, 9.17) is 14.2 Å². The smallest absolute Gasteiger partial charge is 0.203 e. The molecule has 2 aromatic rings. The van der Waals surface area contributed by atoms with E-state index in [0.717, 1.165) is 5.56 Å². The van der Waals surface area contributed by atoms with Gasteiger partial charge in [0, 0.05) is 4.88 Å². The average Bonchev–Trinajstić information content (AvgIpc) is 2.98. The summed E-state index contributed by atoms with van der Waals surface area (Å²) in [5, 5.41) is 2.06. The molecular weight excluding hydrogens is 328 g/mol. The third kappa shape index (κ3) is 2.87. The molecule has 0 spiro atoms. The molecule has 1 unspecified atom stereocenters. The van der Waals surface area contributed by atoms with E-state index in [9.17, 15) is 0 Å².